The van der Waals surface area contributed by atoms with Crippen LogP contribution in [0, 0.1) is 0 Å². The van der Waals surface area contributed by atoms with Crippen molar-refractivity contribution in [1.82, 2.24) is 24.7 Å². The Morgan fingerprint density at radius 1 is 1.10 bits per heavy atom. The molecule has 0 aliphatic heterocycles. The van der Waals surface area contributed by atoms with Crippen LogP contribution in [0.5, 0.6) is 0 Å². The highest BCUT2D eigenvalue weighted by molar-refractivity contribution is 5.84. The van der Waals surface area contributed by atoms with Crippen molar-refractivity contribution >= 4 is 11.5 Å². The Morgan fingerprint density at radius 3 is 2.63 bits per heavy atom. The molecule has 0 saturated heterocycles. The van der Waals surface area contributed by atoms with Gasteiger partial charge in [0.25, 0.3) is 0 Å². The van der Waals surface area contributed by atoms with E-state index in [4.69, 9.17) is 5.73 Å². The van der Waals surface area contributed by atoms with Crippen LogP contribution in [0.15, 0.2) is 36.8 Å². The number of allylic oxidation sites excluding steroid dienone is 1. The minimum absolute atomic E-state index is 0.194. The smallest absolute Gasteiger partial charge is 0.220 e. The Hall–Kier alpha value is -3.06. The first-order valence-corrected chi connectivity index (χ1v) is 10.5. The molecule has 0 spiro atoms. The first-order chi connectivity index (χ1) is 14.4. The van der Waals surface area contributed by atoms with Gasteiger partial charge in [-0.3, -0.25) is 9.67 Å². The highest BCUT2D eigenvalue weighted by atomic mass is 16.3. The summed E-state index contributed by atoms with van der Waals surface area (Å²) in [5.41, 5.74) is 11.6. The molecule has 0 radical (unpaired) electrons. The average molecular weight is 403 g/mol. The molecule has 2 aliphatic rings. The number of fused-ring (bicyclic) bond motifs is 1. The largest absolute Gasteiger partial charge is 0.384 e. The number of aliphatic hydroxyl groups is 1. The van der Waals surface area contributed by atoms with Crippen LogP contribution in [0.25, 0.3) is 16.7 Å². The van der Waals surface area contributed by atoms with E-state index in [0.717, 1.165) is 52.9 Å². The van der Waals surface area contributed by atoms with Crippen LogP contribution in [0.3, 0.4) is 0 Å². The summed E-state index contributed by atoms with van der Waals surface area (Å²) in [4.78, 5) is 13.5. The van der Waals surface area contributed by atoms with Crippen molar-refractivity contribution in [3.63, 3.8) is 0 Å². The van der Waals surface area contributed by atoms with Crippen molar-refractivity contribution in [3.05, 3.63) is 59.4 Å². The molecule has 3 aromatic heterocycles. The van der Waals surface area contributed by atoms with Crippen molar-refractivity contribution in [2.75, 3.05) is 5.73 Å². The summed E-state index contributed by atoms with van der Waals surface area (Å²) in [7, 11) is 0. The molecule has 3 aromatic rings. The van der Waals surface area contributed by atoms with E-state index in [9.17, 15) is 5.11 Å². The number of hydrogen-bond donors (Lipinski definition) is 2. The monoisotopic (exact) mass is 402 g/mol. The van der Waals surface area contributed by atoms with Gasteiger partial charge in [-0.05, 0) is 38.8 Å². The summed E-state index contributed by atoms with van der Waals surface area (Å²) in [6, 6.07) is 4.34. The molecule has 3 N–H and O–H groups in total. The third-order valence-corrected chi connectivity index (χ3v) is 6.15. The molecule has 0 atom stereocenters. The predicted molar refractivity (Wildman–Crippen MR) is 115 cm³/mol. The van der Waals surface area contributed by atoms with Gasteiger partial charge in [-0.25, -0.2) is 9.97 Å². The van der Waals surface area contributed by atoms with Gasteiger partial charge in [-0.2, -0.15) is 5.10 Å². The Kier molecular flexibility index (Phi) is 4.43. The van der Waals surface area contributed by atoms with Gasteiger partial charge >= 0.3 is 0 Å². The van der Waals surface area contributed by atoms with Crippen molar-refractivity contribution in [2.24, 2.45) is 0 Å². The van der Waals surface area contributed by atoms with Gasteiger partial charge in [-0.1, -0.05) is 18.9 Å². The fourth-order valence-corrected chi connectivity index (χ4v) is 4.43. The summed E-state index contributed by atoms with van der Waals surface area (Å²) in [6.45, 7) is 4.21. The van der Waals surface area contributed by atoms with Crippen LogP contribution < -0.4 is 5.73 Å². The Bertz CT molecular complexity index is 1140. The highest BCUT2D eigenvalue weighted by Gasteiger charge is 2.35. The molecule has 154 valence electrons. The van der Waals surface area contributed by atoms with Crippen LogP contribution in [0.1, 0.15) is 68.2 Å². The first kappa shape index (κ1) is 18.9. The maximum Gasteiger partial charge on any atom is 0.220 e. The van der Waals surface area contributed by atoms with Gasteiger partial charge in [0.05, 0.1) is 23.3 Å². The summed E-state index contributed by atoms with van der Waals surface area (Å²) >= 11 is 0. The van der Waals surface area contributed by atoms with E-state index >= 15 is 0 Å². The fraction of sp³-hybridized carbons (Fsp3) is 0.391. The first-order valence-electron chi connectivity index (χ1n) is 10.5. The van der Waals surface area contributed by atoms with Crippen molar-refractivity contribution in [3.8, 4) is 11.1 Å². The average Bonchev–Trinajstić information content (AvgIpc) is 3.46. The lowest BCUT2D eigenvalue weighted by Crippen LogP contribution is -2.23. The van der Waals surface area contributed by atoms with Crippen LogP contribution in [0.2, 0.25) is 0 Å². The van der Waals surface area contributed by atoms with E-state index in [0.29, 0.717) is 24.6 Å². The van der Waals surface area contributed by atoms with Gasteiger partial charge in [0, 0.05) is 47.1 Å². The lowest BCUT2D eigenvalue weighted by molar-refractivity contribution is 0.0399. The fourth-order valence-electron chi connectivity index (χ4n) is 4.43. The van der Waals surface area contributed by atoms with Gasteiger partial charge in [0.2, 0.25) is 5.95 Å². The number of nitrogen functional groups attached to an aromatic ring is 1. The second kappa shape index (κ2) is 7.02. The number of nitrogens with two attached hydrogens (primary N) is 1. The normalized spacial score (nSPS) is 17.4. The summed E-state index contributed by atoms with van der Waals surface area (Å²) < 4.78 is 1.94. The van der Waals surface area contributed by atoms with Crippen LogP contribution >= 0.6 is 0 Å². The zero-order valence-electron chi connectivity index (χ0n) is 17.3. The molecule has 0 unspecified atom stereocenters. The highest BCUT2D eigenvalue weighted by Crippen LogP contribution is 2.40. The molecule has 0 amide bonds. The molecule has 7 heteroatoms. The van der Waals surface area contributed by atoms with E-state index < -0.39 is 5.60 Å². The number of hydrogen-bond acceptors (Lipinski definition) is 6. The number of anilines is 1. The topological polar surface area (TPSA) is 103 Å². The second-order valence-electron chi connectivity index (χ2n) is 8.58. The Labute approximate surface area is 175 Å². The molecular formula is C23H26N6O. The molecule has 1 fully saturated rings. The summed E-state index contributed by atoms with van der Waals surface area (Å²) in [5.74, 6) is 0.194. The molecule has 30 heavy (non-hydrogen) atoms. The Morgan fingerprint density at radius 2 is 1.90 bits per heavy atom. The SMILES string of the molecule is CC(C)n1cc(-c2cnc3c(c2)C(c2cc(C4(O)CCCC4)nc(N)n2)=CC3)cn1. The number of aromatic nitrogens is 5. The minimum Gasteiger partial charge on any atom is -0.384 e. The summed E-state index contributed by atoms with van der Waals surface area (Å²) in [6.07, 6.45) is 12.1. The maximum atomic E-state index is 11.0. The van der Waals surface area contributed by atoms with E-state index in [1.165, 1.54) is 0 Å². The molecule has 1 saturated carbocycles. The maximum absolute atomic E-state index is 11.0. The van der Waals surface area contributed by atoms with Crippen molar-refractivity contribution < 1.29 is 5.11 Å². The molecule has 2 aliphatic carbocycles. The van der Waals surface area contributed by atoms with Crippen molar-refractivity contribution in [2.45, 2.75) is 57.6 Å². The lowest BCUT2D eigenvalue weighted by Gasteiger charge is -2.22. The standard InChI is InChI=1S/C23H26N6O/c1-14(2)29-13-16(12-26-29)15-9-18-17(5-6-19(18)25-11-15)20-10-21(28-22(24)27-20)23(30)7-3-4-8-23/h5,9-14,30H,3-4,6-8H2,1-2H3,(H2,24,27,28). The third kappa shape index (κ3) is 3.19. The Balaban J connectivity index is 1.54. The number of nitrogens with zero attached hydrogens (tertiary/aromatic N) is 5. The lowest BCUT2D eigenvalue weighted by atomic mass is 9.95. The van der Waals surface area contributed by atoms with E-state index in [2.05, 4.69) is 46.0 Å². The molecular weight excluding hydrogens is 376 g/mol. The molecule has 0 bridgehead atoms. The van der Waals surface area contributed by atoms with Crippen LogP contribution in [-0.2, 0) is 12.0 Å². The number of rotatable bonds is 4. The third-order valence-electron chi connectivity index (χ3n) is 6.15. The van der Waals surface area contributed by atoms with Gasteiger partial charge in [0.15, 0.2) is 0 Å². The molecule has 0 aromatic carbocycles. The molecule has 5 rings (SSSR count). The minimum atomic E-state index is -0.903. The van der Waals surface area contributed by atoms with Gasteiger partial charge < -0.3 is 10.8 Å². The predicted octanol–water partition coefficient (Wildman–Crippen LogP) is 3.65. The molecule has 7 nitrogen and oxygen atoms in total. The van der Waals surface area contributed by atoms with Crippen molar-refractivity contribution in [1.29, 1.82) is 0 Å². The summed E-state index contributed by atoms with van der Waals surface area (Å²) in [5, 5.41) is 15.4. The van der Waals surface area contributed by atoms with Crippen LogP contribution in [0.4, 0.5) is 5.95 Å². The van der Waals surface area contributed by atoms with E-state index in [1.54, 1.807) is 0 Å². The zero-order valence-corrected chi connectivity index (χ0v) is 17.3. The molecule has 3 heterocycles. The second-order valence-corrected chi connectivity index (χ2v) is 8.58. The van der Waals surface area contributed by atoms with E-state index in [1.807, 2.05) is 29.3 Å². The number of pyridine rings is 1. The van der Waals surface area contributed by atoms with E-state index in [-0.39, 0.29) is 5.95 Å². The van der Waals surface area contributed by atoms with Gasteiger partial charge in [0.1, 0.15) is 5.60 Å². The van der Waals surface area contributed by atoms with Gasteiger partial charge in [-0.15, -0.1) is 0 Å². The zero-order chi connectivity index (χ0) is 20.9. The quantitative estimate of drug-likeness (QED) is 0.690. The van der Waals surface area contributed by atoms with Crippen LogP contribution in [-0.4, -0.2) is 29.8 Å².